The van der Waals surface area contributed by atoms with Gasteiger partial charge in [-0.25, -0.2) is 10.2 Å². The minimum atomic E-state index is -0.561. The molecule has 1 aliphatic heterocycles. The SMILES string of the molecule is C=C/C=C(\C=C/C)N(C=O)C1=C(C(=NC)NNC)C(c2ccccc2)C(C(=O)OCC)=C(C)N1.O=Cc1cccs1. The molecule has 1 aromatic heterocycles. The molecule has 1 amide bonds. The Kier molecular flexibility index (Phi) is 13.7. The summed E-state index contributed by atoms with van der Waals surface area (Å²) in [7, 11) is 3.35. The van der Waals surface area contributed by atoms with Gasteiger partial charge in [0.1, 0.15) is 11.7 Å². The number of aldehydes is 1. The molecule has 10 heteroatoms. The molecule has 1 aromatic carbocycles. The number of carbonyl (C=O) groups is 3. The Balaban J connectivity index is 0.000000729. The van der Waals surface area contributed by atoms with E-state index in [-0.39, 0.29) is 6.61 Å². The summed E-state index contributed by atoms with van der Waals surface area (Å²) in [6.45, 7) is 9.43. The first-order chi connectivity index (χ1) is 19.9. The highest BCUT2D eigenvalue weighted by atomic mass is 32.1. The average Bonchev–Trinajstić information content (AvgIpc) is 3.52. The molecule has 0 saturated heterocycles. The number of nitrogens with zero attached hydrogens (tertiary/aromatic N) is 2. The number of ether oxygens (including phenoxy) is 1. The second-order valence-corrected chi connectivity index (χ2v) is 9.35. The maximum absolute atomic E-state index is 13.2. The van der Waals surface area contributed by atoms with Gasteiger partial charge in [-0.2, -0.15) is 0 Å². The molecule has 2 heterocycles. The molecule has 0 fully saturated rings. The number of dihydropyridines is 1. The zero-order valence-electron chi connectivity index (χ0n) is 24.0. The molecule has 41 heavy (non-hydrogen) atoms. The van der Waals surface area contributed by atoms with Crippen LogP contribution in [-0.2, 0) is 14.3 Å². The fraction of sp³-hybridized carbons (Fsp3) is 0.226. The van der Waals surface area contributed by atoms with Crippen molar-refractivity contribution in [2.45, 2.75) is 26.7 Å². The number of hydrogen-bond donors (Lipinski definition) is 3. The average molecular weight is 576 g/mol. The predicted molar refractivity (Wildman–Crippen MR) is 165 cm³/mol. The summed E-state index contributed by atoms with van der Waals surface area (Å²) in [6, 6.07) is 13.2. The van der Waals surface area contributed by atoms with Crippen molar-refractivity contribution >= 4 is 35.8 Å². The Morgan fingerprint density at radius 1 is 1.20 bits per heavy atom. The lowest BCUT2D eigenvalue weighted by Gasteiger charge is -2.36. The van der Waals surface area contributed by atoms with Gasteiger partial charge in [-0.15, -0.1) is 11.3 Å². The summed E-state index contributed by atoms with van der Waals surface area (Å²) in [4.78, 5) is 42.2. The smallest absolute Gasteiger partial charge is 0.336 e. The van der Waals surface area contributed by atoms with Crippen molar-refractivity contribution in [2.24, 2.45) is 4.99 Å². The lowest BCUT2D eigenvalue weighted by molar-refractivity contribution is -0.138. The standard InChI is InChI=1S/C26H33N5O3.C5H4OS/c1-7-13-20(14-8-2)31(17-32)25-23(24(27-5)30-28-6)22(19-15-11-10-12-16-19)21(18(4)29-25)26(33)34-9-3;6-4-5-2-1-3-7-5/h7-8,10-17,22,28-29H,1,9H2,2-6H3,(H,27,30);1-4H/b14-8-,20-13+;. The highest BCUT2D eigenvalue weighted by Gasteiger charge is 2.39. The Labute approximate surface area is 245 Å². The van der Waals surface area contributed by atoms with Crippen LogP contribution in [0, 0.1) is 0 Å². The molecule has 0 radical (unpaired) electrons. The summed E-state index contributed by atoms with van der Waals surface area (Å²) in [5, 5.41) is 5.15. The van der Waals surface area contributed by atoms with Gasteiger partial charge in [0.05, 0.1) is 23.0 Å². The summed E-state index contributed by atoms with van der Waals surface area (Å²) in [5.74, 6) is -0.0813. The zero-order chi connectivity index (χ0) is 30.2. The van der Waals surface area contributed by atoms with E-state index >= 15 is 0 Å². The lowest BCUT2D eigenvalue weighted by atomic mass is 9.80. The summed E-state index contributed by atoms with van der Waals surface area (Å²) >= 11 is 1.45. The number of rotatable bonds is 11. The van der Waals surface area contributed by atoms with Crippen molar-refractivity contribution in [3.8, 4) is 0 Å². The first kappa shape index (κ1) is 32.7. The van der Waals surface area contributed by atoms with Crippen LogP contribution in [0.1, 0.15) is 41.9 Å². The van der Waals surface area contributed by atoms with Gasteiger partial charge in [-0.05, 0) is 49.9 Å². The number of thiophene rings is 1. The third kappa shape index (κ3) is 8.47. The number of aliphatic imine (C=N–C) groups is 1. The third-order valence-corrected chi connectivity index (χ3v) is 6.60. The second-order valence-electron chi connectivity index (χ2n) is 8.37. The Morgan fingerprint density at radius 2 is 1.93 bits per heavy atom. The van der Waals surface area contributed by atoms with E-state index in [0.29, 0.717) is 34.2 Å². The van der Waals surface area contributed by atoms with Gasteiger partial charge in [0.15, 0.2) is 6.29 Å². The van der Waals surface area contributed by atoms with Crippen LogP contribution in [0.3, 0.4) is 0 Å². The fourth-order valence-corrected chi connectivity index (χ4v) is 4.71. The second kappa shape index (κ2) is 17.2. The molecule has 0 aliphatic carbocycles. The van der Waals surface area contributed by atoms with Crippen LogP contribution in [0.25, 0.3) is 0 Å². The van der Waals surface area contributed by atoms with Gasteiger partial charge < -0.3 is 15.5 Å². The van der Waals surface area contributed by atoms with Crippen molar-refractivity contribution in [1.29, 1.82) is 0 Å². The van der Waals surface area contributed by atoms with Crippen LogP contribution in [0.2, 0.25) is 0 Å². The number of hydrazine groups is 1. The van der Waals surface area contributed by atoms with E-state index in [1.165, 1.54) is 16.2 Å². The van der Waals surface area contributed by atoms with Crippen LogP contribution in [0.15, 0.2) is 112 Å². The van der Waals surface area contributed by atoms with E-state index in [0.717, 1.165) is 23.1 Å². The summed E-state index contributed by atoms with van der Waals surface area (Å²) in [5.41, 5.74) is 9.01. The largest absolute Gasteiger partial charge is 0.463 e. The van der Waals surface area contributed by atoms with Gasteiger partial charge in [-0.3, -0.25) is 19.5 Å². The quantitative estimate of drug-likeness (QED) is 0.0878. The normalized spacial score (nSPS) is 15.5. The Hall–Kier alpha value is -4.54. The third-order valence-electron chi connectivity index (χ3n) is 5.80. The van der Waals surface area contributed by atoms with Crippen LogP contribution >= 0.6 is 11.3 Å². The maximum Gasteiger partial charge on any atom is 0.336 e. The number of amides is 1. The molecule has 3 rings (SSSR count). The predicted octanol–water partition coefficient (Wildman–Crippen LogP) is 4.84. The first-order valence-electron chi connectivity index (χ1n) is 12.9. The van der Waals surface area contributed by atoms with E-state index < -0.39 is 11.9 Å². The van der Waals surface area contributed by atoms with Crippen molar-refractivity contribution < 1.29 is 19.1 Å². The molecule has 9 nitrogen and oxygen atoms in total. The molecule has 2 aromatic rings. The topological polar surface area (TPSA) is 112 Å². The van der Waals surface area contributed by atoms with Crippen LogP contribution in [-0.4, -0.2) is 50.1 Å². The van der Waals surface area contributed by atoms with Gasteiger partial charge >= 0.3 is 5.97 Å². The number of allylic oxidation sites excluding steroid dienone is 5. The van der Waals surface area contributed by atoms with E-state index in [1.807, 2.05) is 54.8 Å². The minimum absolute atomic E-state index is 0.237. The van der Waals surface area contributed by atoms with E-state index in [2.05, 4.69) is 27.7 Å². The van der Waals surface area contributed by atoms with Crippen molar-refractivity contribution in [2.75, 3.05) is 20.7 Å². The molecule has 3 N–H and O–H groups in total. The van der Waals surface area contributed by atoms with E-state index in [4.69, 9.17) is 4.74 Å². The van der Waals surface area contributed by atoms with Gasteiger partial charge in [-0.1, -0.05) is 55.1 Å². The zero-order valence-corrected chi connectivity index (χ0v) is 24.8. The highest BCUT2D eigenvalue weighted by molar-refractivity contribution is 7.11. The summed E-state index contributed by atoms with van der Waals surface area (Å²) < 4.78 is 5.42. The van der Waals surface area contributed by atoms with Gasteiger partial charge in [0.25, 0.3) is 0 Å². The number of nitrogens with one attached hydrogen (secondary N) is 3. The van der Waals surface area contributed by atoms with Gasteiger partial charge in [0.2, 0.25) is 6.41 Å². The lowest BCUT2D eigenvalue weighted by Crippen LogP contribution is -2.44. The molecular weight excluding hydrogens is 538 g/mol. The molecule has 0 bridgehead atoms. The van der Waals surface area contributed by atoms with Crippen LogP contribution in [0.4, 0.5) is 0 Å². The number of esters is 1. The molecule has 1 aliphatic rings. The van der Waals surface area contributed by atoms with Crippen molar-refractivity contribution in [1.82, 2.24) is 21.1 Å². The van der Waals surface area contributed by atoms with E-state index in [9.17, 15) is 14.4 Å². The molecule has 0 saturated carbocycles. The number of carbonyl (C=O) groups excluding carboxylic acids is 3. The number of benzene rings is 1. The van der Waals surface area contributed by atoms with E-state index in [1.54, 1.807) is 52.2 Å². The van der Waals surface area contributed by atoms with Crippen LogP contribution < -0.4 is 16.2 Å². The minimum Gasteiger partial charge on any atom is -0.463 e. The van der Waals surface area contributed by atoms with Crippen molar-refractivity contribution in [3.63, 3.8) is 0 Å². The number of amidine groups is 1. The summed E-state index contributed by atoms with van der Waals surface area (Å²) in [6.07, 6.45) is 8.54. The van der Waals surface area contributed by atoms with Gasteiger partial charge in [0, 0.05) is 31.1 Å². The molecule has 1 unspecified atom stereocenters. The highest BCUT2D eigenvalue weighted by Crippen LogP contribution is 2.40. The monoisotopic (exact) mass is 575 g/mol. The fourth-order valence-electron chi connectivity index (χ4n) is 4.18. The first-order valence-corrected chi connectivity index (χ1v) is 13.8. The Bertz CT molecular complexity index is 1340. The van der Waals surface area contributed by atoms with Crippen LogP contribution in [0.5, 0.6) is 0 Å². The molecule has 0 spiro atoms. The molecule has 216 valence electrons. The number of hydrogen-bond acceptors (Lipinski definition) is 8. The Morgan fingerprint density at radius 3 is 2.41 bits per heavy atom. The molecule has 1 atom stereocenters. The van der Waals surface area contributed by atoms with Crippen molar-refractivity contribution in [3.05, 3.63) is 118 Å². The maximum atomic E-state index is 13.2. The molecular formula is C31H37N5O4S.